The maximum Gasteiger partial charge on any atom is 0.418 e. The van der Waals surface area contributed by atoms with Gasteiger partial charge >= 0.3 is 6.18 Å². The molecule has 12 heteroatoms. The molecule has 3 aromatic heterocycles. The van der Waals surface area contributed by atoms with E-state index in [9.17, 15) is 18.0 Å². The molecule has 1 fully saturated rings. The zero-order valence-electron chi connectivity index (χ0n) is 21.9. The van der Waals surface area contributed by atoms with Crippen molar-refractivity contribution in [1.29, 1.82) is 0 Å². The van der Waals surface area contributed by atoms with Gasteiger partial charge < -0.3 is 20.4 Å². The van der Waals surface area contributed by atoms with Gasteiger partial charge in [-0.1, -0.05) is 0 Å². The van der Waals surface area contributed by atoms with Crippen LogP contribution in [-0.2, 0) is 6.18 Å². The molecule has 206 valence electrons. The van der Waals surface area contributed by atoms with Gasteiger partial charge in [-0.3, -0.25) is 14.8 Å². The number of likely N-dealkylation sites (N-methyl/N-ethyl adjacent to an activating group) is 1. The lowest BCUT2D eigenvalue weighted by atomic mass is 10.1. The van der Waals surface area contributed by atoms with Gasteiger partial charge in [0.1, 0.15) is 0 Å². The second-order valence-electron chi connectivity index (χ2n) is 9.46. The average molecular weight is 549 g/mol. The standard InChI is InChI=1S/C28H27F3N8O/c1-18-25(37-27-33-9-7-23(36-27)19-4-3-8-32-16-19)14-20(17-34-18)26(40)35-24-6-5-21(15-22(24)28(29,30)31)39-12-10-38(2)11-13-39/h3-9,14-17H,10-13H2,1-2H3,(H,35,40)(H,33,36,37). The van der Waals surface area contributed by atoms with Gasteiger partial charge in [0.15, 0.2) is 0 Å². The molecule has 1 aliphatic rings. The van der Waals surface area contributed by atoms with Gasteiger partial charge in [-0.25, -0.2) is 9.97 Å². The first-order chi connectivity index (χ1) is 19.2. The summed E-state index contributed by atoms with van der Waals surface area (Å²) < 4.78 is 42.0. The number of nitrogens with zero attached hydrogens (tertiary/aromatic N) is 6. The van der Waals surface area contributed by atoms with Gasteiger partial charge in [-0.15, -0.1) is 0 Å². The van der Waals surface area contributed by atoms with E-state index in [1.807, 2.05) is 18.0 Å². The first-order valence-corrected chi connectivity index (χ1v) is 12.6. The summed E-state index contributed by atoms with van der Waals surface area (Å²) in [6.07, 6.45) is 1.59. The van der Waals surface area contributed by atoms with Crippen molar-refractivity contribution in [3.05, 3.63) is 84.1 Å². The number of carbonyl (C=O) groups excluding carboxylic acids is 1. The van der Waals surface area contributed by atoms with Gasteiger partial charge in [-0.05, 0) is 56.4 Å². The monoisotopic (exact) mass is 548 g/mol. The Labute approximate surface area is 229 Å². The first kappa shape index (κ1) is 27.0. The average Bonchev–Trinajstić information content (AvgIpc) is 2.95. The number of aryl methyl sites for hydroxylation is 1. The third-order valence-electron chi connectivity index (χ3n) is 6.63. The molecule has 4 heterocycles. The number of halogens is 3. The highest BCUT2D eigenvalue weighted by atomic mass is 19.4. The lowest BCUT2D eigenvalue weighted by molar-refractivity contribution is -0.136. The summed E-state index contributed by atoms with van der Waals surface area (Å²) in [5.41, 5.74) is 1.76. The van der Waals surface area contributed by atoms with Crippen LogP contribution < -0.4 is 15.5 Å². The molecular formula is C28H27F3N8O. The Morgan fingerprint density at radius 1 is 0.950 bits per heavy atom. The van der Waals surface area contributed by atoms with E-state index in [2.05, 4.69) is 35.5 Å². The van der Waals surface area contributed by atoms with Gasteiger partial charge in [0.25, 0.3) is 5.91 Å². The second-order valence-corrected chi connectivity index (χ2v) is 9.46. The number of amides is 1. The number of rotatable bonds is 6. The number of alkyl halides is 3. The zero-order chi connectivity index (χ0) is 28.3. The maximum absolute atomic E-state index is 14.0. The molecule has 4 aromatic rings. The van der Waals surface area contributed by atoms with Crippen molar-refractivity contribution < 1.29 is 18.0 Å². The van der Waals surface area contributed by atoms with Crippen molar-refractivity contribution >= 4 is 28.9 Å². The van der Waals surface area contributed by atoms with E-state index < -0.39 is 17.6 Å². The summed E-state index contributed by atoms with van der Waals surface area (Å²) in [4.78, 5) is 34.2. The van der Waals surface area contributed by atoms with Crippen LogP contribution in [0.2, 0.25) is 0 Å². The van der Waals surface area contributed by atoms with Crippen LogP contribution in [0, 0.1) is 6.92 Å². The van der Waals surface area contributed by atoms with Crippen LogP contribution in [0.15, 0.2) is 67.3 Å². The van der Waals surface area contributed by atoms with E-state index in [0.29, 0.717) is 35.9 Å². The Balaban J connectivity index is 1.36. The number of hydrogen-bond donors (Lipinski definition) is 2. The van der Waals surface area contributed by atoms with E-state index in [0.717, 1.165) is 24.7 Å². The number of pyridine rings is 2. The fraction of sp³-hybridized carbons (Fsp3) is 0.250. The van der Waals surface area contributed by atoms with Crippen LogP contribution in [0.4, 0.5) is 36.2 Å². The first-order valence-electron chi connectivity index (χ1n) is 12.6. The molecule has 0 aliphatic carbocycles. The second kappa shape index (κ2) is 11.3. The Morgan fingerprint density at radius 3 is 2.48 bits per heavy atom. The van der Waals surface area contributed by atoms with Crippen molar-refractivity contribution in [3.8, 4) is 11.3 Å². The molecule has 0 atom stereocenters. The third kappa shape index (κ3) is 6.18. The summed E-state index contributed by atoms with van der Waals surface area (Å²) in [7, 11) is 1.98. The highest BCUT2D eigenvalue weighted by Gasteiger charge is 2.35. The molecule has 0 saturated carbocycles. The Kier molecular flexibility index (Phi) is 7.60. The Morgan fingerprint density at radius 2 is 1.75 bits per heavy atom. The van der Waals surface area contributed by atoms with Crippen molar-refractivity contribution in [2.45, 2.75) is 13.1 Å². The lowest BCUT2D eigenvalue weighted by Crippen LogP contribution is -2.44. The molecule has 0 bridgehead atoms. The molecule has 1 amide bonds. The van der Waals surface area contributed by atoms with E-state index in [-0.39, 0.29) is 17.2 Å². The number of benzene rings is 1. The summed E-state index contributed by atoms with van der Waals surface area (Å²) >= 11 is 0. The Bertz CT molecular complexity index is 1510. The number of anilines is 4. The summed E-state index contributed by atoms with van der Waals surface area (Å²) in [5.74, 6) is -0.457. The highest BCUT2D eigenvalue weighted by molar-refractivity contribution is 6.05. The van der Waals surface area contributed by atoms with E-state index in [4.69, 9.17) is 0 Å². The Hall–Kier alpha value is -4.58. The summed E-state index contributed by atoms with van der Waals surface area (Å²) in [6.45, 7) is 4.50. The zero-order valence-corrected chi connectivity index (χ0v) is 21.9. The predicted octanol–water partition coefficient (Wildman–Crippen LogP) is 5.01. The summed E-state index contributed by atoms with van der Waals surface area (Å²) in [5, 5.41) is 5.47. The van der Waals surface area contributed by atoms with Crippen LogP contribution in [-0.4, -0.2) is 64.0 Å². The van der Waals surface area contributed by atoms with Gasteiger partial charge in [0, 0.05) is 62.2 Å². The van der Waals surface area contributed by atoms with Crippen LogP contribution in [0.1, 0.15) is 21.6 Å². The highest BCUT2D eigenvalue weighted by Crippen LogP contribution is 2.38. The lowest BCUT2D eigenvalue weighted by Gasteiger charge is -2.34. The minimum atomic E-state index is -4.65. The smallest absolute Gasteiger partial charge is 0.369 e. The molecule has 2 N–H and O–H groups in total. The van der Waals surface area contributed by atoms with Crippen molar-refractivity contribution in [2.24, 2.45) is 0 Å². The van der Waals surface area contributed by atoms with Crippen molar-refractivity contribution in [2.75, 3.05) is 48.8 Å². The normalized spacial score (nSPS) is 14.2. The van der Waals surface area contributed by atoms with Crippen molar-refractivity contribution in [1.82, 2.24) is 24.8 Å². The summed E-state index contributed by atoms with van der Waals surface area (Å²) in [6, 6.07) is 10.9. The molecule has 1 aromatic carbocycles. The number of nitrogens with one attached hydrogen (secondary N) is 2. The molecule has 40 heavy (non-hydrogen) atoms. The third-order valence-corrected chi connectivity index (χ3v) is 6.63. The van der Waals surface area contributed by atoms with Crippen LogP contribution >= 0.6 is 0 Å². The van der Waals surface area contributed by atoms with E-state index >= 15 is 0 Å². The fourth-order valence-electron chi connectivity index (χ4n) is 4.33. The van der Waals surface area contributed by atoms with E-state index in [1.165, 1.54) is 18.3 Å². The van der Waals surface area contributed by atoms with E-state index in [1.54, 1.807) is 43.7 Å². The number of piperazine rings is 1. The predicted molar refractivity (Wildman–Crippen MR) is 147 cm³/mol. The molecule has 0 radical (unpaired) electrons. The van der Waals surface area contributed by atoms with Crippen LogP contribution in [0.3, 0.4) is 0 Å². The molecule has 1 aliphatic heterocycles. The molecule has 9 nitrogen and oxygen atoms in total. The molecular weight excluding hydrogens is 521 g/mol. The number of hydrogen-bond acceptors (Lipinski definition) is 8. The molecule has 5 rings (SSSR count). The molecule has 0 unspecified atom stereocenters. The van der Waals surface area contributed by atoms with Gasteiger partial charge in [-0.2, -0.15) is 13.2 Å². The quantitative estimate of drug-likeness (QED) is 0.347. The molecule has 1 saturated heterocycles. The maximum atomic E-state index is 14.0. The van der Waals surface area contributed by atoms with Crippen molar-refractivity contribution in [3.63, 3.8) is 0 Å². The van der Waals surface area contributed by atoms with Gasteiger partial charge in [0.05, 0.1) is 33.9 Å². The van der Waals surface area contributed by atoms with Crippen LogP contribution in [0.25, 0.3) is 11.3 Å². The number of aromatic nitrogens is 4. The minimum Gasteiger partial charge on any atom is -0.369 e. The largest absolute Gasteiger partial charge is 0.418 e. The minimum absolute atomic E-state index is 0.0767. The SMILES string of the molecule is Cc1ncc(C(=O)Nc2ccc(N3CCN(C)CC3)cc2C(F)(F)F)cc1Nc1nccc(-c2cccnc2)n1. The fourth-order valence-corrected chi connectivity index (χ4v) is 4.33. The van der Waals surface area contributed by atoms with Gasteiger partial charge in [0.2, 0.25) is 5.95 Å². The topological polar surface area (TPSA) is 99.2 Å². The van der Waals surface area contributed by atoms with Crippen LogP contribution in [0.5, 0.6) is 0 Å². The number of carbonyl (C=O) groups is 1. The molecule has 0 spiro atoms.